The van der Waals surface area contributed by atoms with Crippen molar-refractivity contribution in [1.29, 1.82) is 0 Å². The summed E-state index contributed by atoms with van der Waals surface area (Å²) in [6.45, 7) is 19.7. The number of hydrogen-bond acceptors (Lipinski definition) is 20. The maximum absolute atomic E-state index is 15.4. The van der Waals surface area contributed by atoms with E-state index in [0.29, 0.717) is 45.4 Å². The molecular weight excluding hydrogens is 1490 g/mol. The average molecular weight is 1600 g/mol. The van der Waals surface area contributed by atoms with Gasteiger partial charge in [-0.2, -0.15) is 23.5 Å². The van der Waals surface area contributed by atoms with Crippen LogP contribution in [-0.2, 0) is 93.1 Å². The number of H-pyrrole nitrogens is 1. The largest absolute Gasteiger partial charge is 0.508 e. The van der Waals surface area contributed by atoms with Gasteiger partial charge in [0.1, 0.15) is 88.4 Å². The molecule has 0 saturated carbocycles. The van der Waals surface area contributed by atoms with E-state index in [9.17, 15) is 82.8 Å². The fraction of sp³-hybridized carbons (Fsp3) is 0.506. The number of aromatic amines is 1. The van der Waals surface area contributed by atoms with Crippen LogP contribution in [0.25, 0.3) is 11.0 Å². The number of aliphatic hydroxyl groups excluding tert-OH is 2. The number of aromatic hydroxyl groups is 2. The summed E-state index contributed by atoms with van der Waals surface area (Å²) in [6, 6.07) is 6.98. The molecule has 32 nitrogen and oxygen atoms in total. The lowest BCUT2D eigenvalue weighted by molar-refractivity contribution is -0.140. The molecule has 1 saturated heterocycles. The molecule has 0 aliphatic carbocycles. The summed E-state index contributed by atoms with van der Waals surface area (Å²) in [7, 11) is 0. The minimum atomic E-state index is -1.94. The van der Waals surface area contributed by atoms with Crippen molar-refractivity contribution in [3.05, 3.63) is 125 Å². The van der Waals surface area contributed by atoms with Gasteiger partial charge in [0.15, 0.2) is 0 Å². The minimum Gasteiger partial charge on any atom is -0.508 e. The van der Waals surface area contributed by atoms with Crippen molar-refractivity contribution in [3.8, 4) is 11.5 Å². The summed E-state index contributed by atoms with van der Waals surface area (Å²) in [5.74, 6) is -11.3. The summed E-state index contributed by atoms with van der Waals surface area (Å²) in [5.41, 5.74) is 4.14. The highest BCUT2D eigenvalue weighted by atomic mass is 32.2. The molecule has 13 atom stereocenters. The molecule has 610 valence electrons. The second kappa shape index (κ2) is 40.7. The Labute approximate surface area is 658 Å². The number of hydrogen-bond donors (Lipinski definition) is 17. The first-order valence-corrected chi connectivity index (χ1v) is 38.9. The molecule has 1 unspecified atom stereocenters. The van der Waals surface area contributed by atoms with Crippen LogP contribution in [0.15, 0.2) is 91.3 Å². The summed E-state index contributed by atoms with van der Waals surface area (Å²) < 4.78 is 15.4. The predicted octanol–water partition coefficient (Wildman–Crippen LogP) is 1.07. The number of fused-ring (bicyclic) bond motifs is 1. The maximum Gasteiger partial charge on any atom is 0.246 e. The molecule has 35 heteroatoms. The lowest BCUT2D eigenvalue weighted by Gasteiger charge is -2.36. The third kappa shape index (κ3) is 26.1. The topological polar surface area (TPSA) is 493 Å². The highest BCUT2D eigenvalue weighted by Gasteiger charge is 2.45. The van der Waals surface area contributed by atoms with Crippen LogP contribution < -0.4 is 64.2 Å². The first kappa shape index (κ1) is 90.5. The Morgan fingerprint density at radius 3 is 1.67 bits per heavy atom. The van der Waals surface area contributed by atoms with Crippen LogP contribution in [0, 0.1) is 17.2 Å². The van der Waals surface area contributed by atoms with Gasteiger partial charge in [-0.1, -0.05) is 65.0 Å². The predicted molar refractivity (Wildman–Crippen MR) is 418 cm³/mol. The van der Waals surface area contributed by atoms with Crippen LogP contribution >= 0.6 is 23.5 Å². The normalized spacial score (nSPS) is 16.5. The van der Waals surface area contributed by atoms with Crippen molar-refractivity contribution < 1.29 is 87.1 Å². The van der Waals surface area contributed by atoms with E-state index in [-0.39, 0.29) is 72.1 Å². The number of phenolic OH excluding ortho intramolecular Hbond substituents is 2. The Hall–Kier alpha value is -10.4. The van der Waals surface area contributed by atoms with Gasteiger partial charge in [-0.15, -0.1) is 0 Å². The van der Waals surface area contributed by atoms with E-state index < -0.39 is 160 Å². The first-order chi connectivity index (χ1) is 52.5. The number of likely N-dealkylation sites (tertiary alicyclic amines) is 1. The number of benzene rings is 3. The van der Waals surface area contributed by atoms with Crippen LogP contribution in [-0.4, -0.2) is 214 Å². The number of nitrogens with two attached hydrogens (primary N) is 1. The van der Waals surface area contributed by atoms with Crippen LogP contribution in [0.4, 0.5) is 4.39 Å². The van der Waals surface area contributed by atoms with Gasteiger partial charge >= 0.3 is 0 Å². The van der Waals surface area contributed by atoms with Crippen LogP contribution in [0.3, 0.4) is 0 Å². The van der Waals surface area contributed by atoms with E-state index >= 15 is 4.39 Å². The number of amides is 13. The summed E-state index contributed by atoms with van der Waals surface area (Å²) in [5, 5.41) is 70.4. The molecule has 6 rings (SSSR count). The molecule has 13 amide bonds. The van der Waals surface area contributed by atoms with E-state index in [1.165, 1.54) is 109 Å². The van der Waals surface area contributed by atoms with Crippen molar-refractivity contribution in [2.45, 2.75) is 217 Å². The molecule has 18 N–H and O–H groups in total. The van der Waals surface area contributed by atoms with E-state index in [1.54, 1.807) is 82.2 Å². The molecule has 0 radical (unpaired) electrons. The van der Waals surface area contributed by atoms with Gasteiger partial charge in [0.05, 0.1) is 12.2 Å². The van der Waals surface area contributed by atoms with Crippen LogP contribution in [0.1, 0.15) is 131 Å². The molecular formula is C77H106FN15O17S2. The Bertz CT molecular complexity index is 4180. The number of aromatic nitrogens is 2. The van der Waals surface area contributed by atoms with Gasteiger partial charge in [0.25, 0.3) is 0 Å². The molecule has 1 aliphatic heterocycles. The molecule has 3 aromatic carbocycles. The summed E-state index contributed by atoms with van der Waals surface area (Å²) >= 11 is 2.26. The lowest BCUT2D eigenvalue weighted by atomic mass is 9.85. The smallest absolute Gasteiger partial charge is 0.246 e. The zero-order valence-electron chi connectivity index (χ0n) is 65.1. The van der Waals surface area contributed by atoms with Gasteiger partial charge in [0, 0.05) is 79.6 Å². The van der Waals surface area contributed by atoms with Gasteiger partial charge in [-0.05, 0) is 149 Å². The van der Waals surface area contributed by atoms with Crippen LogP contribution in [0.5, 0.6) is 11.5 Å². The second-order valence-electron chi connectivity index (χ2n) is 30.2. The van der Waals surface area contributed by atoms with Gasteiger partial charge in [-0.3, -0.25) is 62.3 Å². The Balaban J connectivity index is 1.07. The van der Waals surface area contributed by atoms with E-state index in [4.69, 9.17) is 5.73 Å². The number of halogens is 1. The Morgan fingerprint density at radius 2 is 1.14 bits per heavy atom. The maximum atomic E-state index is 15.4. The molecule has 0 bridgehead atoms. The number of carbonyl (C=O) groups excluding carboxylic acids is 13. The number of pyridine rings is 1. The number of nitrogens with one attached hydrogen (secondary N) is 12. The number of aliphatic hydroxyl groups is 2. The van der Waals surface area contributed by atoms with E-state index in [2.05, 4.69) is 68.5 Å². The standard InChI is InChI=1S/C77H106FN15O17S2/c1-40(2)77(13,92-68(104)55(31-46-18-22-52(98)23-19-46)85-65(101)42(4)83-73(109)76(11,12)91-67(103)56(86-69(105)60(43(5)95)82-39-94)33-50-34-81-64-54(50)17-14-26-80-64)74(110)89-61(44(6)96)70(106)88-58(63(79)100)37-111-35-48-28-49(30-51(78)29-48)36-112-38-59(84-45(7)97)66(102)90-62(75(8,9)10)71(107)87-57(32-47-20-24-53(99)25-21-47)72(108)93-27-15-16-41(93)3/h14,17-26,28-30,34,39-44,55-62,95-96,98-99H,15-16,27,31-33,35-38H2,1-13H3,(H2,79,100)(H,80,81)(H,82,94)(H,83,109)(H,84,97)(H,85,101)(H,86,105)(H,87,107)(H,88,106)(H,89,110)(H,90,102)(H,91,103)(H,92,104)/t41-,42+,43-,44-,55+,56+,57+,58+,59+,60+,61+,62-,77?/m1/s1. The van der Waals surface area contributed by atoms with Gasteiger partial charge in [-0.25, -0.2) is 9.37 Å². The highest BCUT2D eigenvalue weighted by molar-refractivity contribution is 7.98. The Kier molecular flexibility index (Phi) is 32.9. The van der Waals surface area contributed by atoms with E-state index in [1.807, 2.05) is 6.92 Å². The third-order valence-electron chi connectivity index (χ3n) is 19.1. The quantitative estimate of drug-likeness (QED) is 0.0244. The van der Waals surface area contributed by atoms with Crippen molar-refractivity contribution in [2.75, 3.05) is 18.1 Å². The second-order valence-corrected chi connectivity index (χ2v) is 32.3. The number of rotatable bonds is 40. The fourth-order valence-corrected chi connectivity index (χ4v) is 14.2. The molecule has 0 spiro atoms. The summed E-state index contributed by atoms with van der Waals surface area (Å²) in [4.78, 5) is 187. The molecule has 2 aromatic heterocycles. The summed E-state index contributed by atoms with van der Waals surface area (Å²) in [6.07, 6.45) is 1.59. The van der Waals surface area contributed by atoms with Gasteiger partial charge < -0.3 is 94.5 Å². The van der Waals surface area contributed by atoms with Crippen molar-refractivity contribution in [2.24, 2.45) is 17.1 Å². The molecule has 1 fully saturated rings. The monoisotopic (exact) mass is 1600 g/mol. The number of primary amides is 1. The van der Waals surface area contributed by atoms with Crippen molar-refractivity contribution in [1.82, 2.24) is 73.4 Å². The molecule has 1 aliphatic rings. The minimum absolute atomic E-state index is 0.0289. The first-order valence-electron chi connectivity index (χ1n) is 36.6. The number of nitrogens with zero attached hydrogens (tertiary/aromatic N) is 2. The fourth-order valence-electron chi connectivity index (χ4n) is 12.2. The van der Waals surface area contributed by atoms with Crippen LogP contribution in [0.2, 0.25) is 0 Å². The van der Waals surface area contributed by atoms with E-state index in [0.717, 1.165) is 24.6 Å². The number of phenols is 2. The van der Waals surface area contributed by atoms with Crippen molar-refractivity contribution in [3.63, 3.8) is 0 Å². The molecule has 5 aromatic rings. The molecule has 112 heavy (non-hydrogen) atoms. The number of thioether (sulfide) groups is 2. The SMILES string of the molecule is CC(=O)N[C@@H](CSCc1cc(F)cc(CSC[C@H](NC(=O)[C@@H](NC(=O)C(C)(NC(=O)[C@H](Cc2ccc(O)cc2)NC(=O)[C@H](C)NC(=O)C(C)(C)NC(=O)[C@H](Cc2c[nH]c3ncccc23)NC(=O)[C@@H](NC=O)[C@@H](C)O)C(C)C)[C@@H](C)O)C(N)=O)c1)C(=O)N[C@H](C(=O)N[C@@H](Cc1ccc(O)cc1)C(=O)N1CCC[C@H]1C)C(C)(C)C. The average Bonchev–Trinajstić information content (AvgIpc) is 0.902. The Morgan fingerprint density at radius 1 is 0.616 bits per heavy atom. The zero-order valence-corrected chi connectivity index (χ0v) is 66.7. The zero-order chi connectivity index (χ0) is 83.3. The third-order valence-corrected chi connectivity index (χ3v) is 21.4. The highest BCUT2D eigenvalue weighted by Crippen LogP contribution is 2.27. The van der Waals surface area contributed by atoms with Crippen molar-refractivity contribution >= 4 is 112 Å². The van der Waals surface area contributed by atoms with Gasteiger partial charge in [0.2, 0.25) is 77.3 Å². The lowest BCUT2D eigenvalue weighted by Crippen LogP contribution is -2.67. The number of carbonyl (C=O) groups is 13. The molecule has 3 heterocycles.